The summed E-state index contributed by atoms with van der Waals surface area (Å²) in [5.74, 6) is 1.67. The minimum atomic E-state index is 0. The molecule has 0 aliphatic heterocycles. The molecule has 0 saturated heterocycles. The molecule has 0 amide bonds. The quantitative estimate of drug-likeness (QED) is 0.261. The highest BCUT2D eigenvalue weighted by Crippen LogP contribution is 2.22. The predicted molar refractivity (Wildman–Crippen MR) is 111 cm³/mol. The lowest BCUT2D eigenvalue weighted by Gasteiger charge is -2.24. The third kappa shape index (κ3) is 8.16. The highest BCUT2D eigenvalue weighted by atomic mass is 127. The predicted octanol–water partition coefficient (Wildman–Crippen LogP) is 2.12. The number of nitrogens with zero attached hydrogens (tertiary/aromatic N) is 2. The fourth-order valence-corrected chi connectivity index (χ4v) is 2.21. The number of guanidine groups is 1. The molecule has 0 spiro atoms. The molecule has 1 aromatic carbocycles. The second kappa shape index (κ2) is 13.3. The average molecular weight is 450 g/mol. The average Bonchev–Trinajstić information content (AvgIpc) is 2.55. The third-order valence-electron chi connectivity index (χ3n) is 3.47. The van der Waals surface area contributed by atoms with Gasteiger partial charge in [-0.15, -0.1) is 24.0 Å². The van der Waals surface area contributed by atoms with E-state index >= 15 is 0 Å². The van der Waals surface area contributed by atoms with E-state index in [1.165, 1.54) is 5.56 Å². The van der Waals surface area contributed by atoms with Crippen molar-refractivity contribution in [3.05, 3.63) is 29.8 Å². The molecule has 7 heteroatoms. The molecule has 0 aromatic heterocycles. The first-order valence-corrected chi connectivity index (χ1v) is 7.93. The van der Waals surface area contributed by atoms with Crippen LogP contribution in [0.4, 0.5) is 0 Å². The molecule has 1 rings (SSSR count). The molecule has 0 radical (unpaired) electrons. The van der Waals surface area contributed by atoms with E-state index in [2.05, 4.69) is 48.7 Å². The Bertz CT molecular complexity index is 483. The largest absolute Gasteiger partial charge is 0.497 e. The molecular formula is C17H31IN4O2. The fourth-order valence-electron chi connectivity index (χ4n) is 2.21. The van der Waals surface area contributed by atoms with Gasteiger partial charge in [-0.1, -0.05) is 12.1 Å². The molecule has 1 aromatic rings. The van der Waals surface area contributed by atoms with Gasteiger partial charge in [0.05, 0.1) is 26.3 Å². The van der Waals surface area contributed by atoms with E-state index in [0.717, 1.165) is 24.8 Å². The normalized spacial score (nSPS) is 12.5. The Labute approximate surface area is 163 Å². The summed E-state index contributed by atoms with van der Waals surface area (Å²) in [6.45, 7) is 4.91. The zero-order valence-electron chi connectivity index (χ0n) is 15.3. The van der Waals surface area contributed by atoms with Crippen LogP contribution < -0.4 is 15.4 Å². The van der Waals surface area contributed by atoms with Gasteiger partial charge in [0.1, 0.15) is 5.75 Å². The summed E-state index contributed by atoms with van der Waals surface area (Å²) in [6, 6.07) is 8.31. The summed E-state index contributed by atoms with van der Waals surface area (Å²) >= 11 is 0. The lowest BCUT2D eigenvalue weighted by molar-refractivity contribution is 0.203. The van der Waals surface area contributed by atoms with Crippen LogP contribution in [0.25, 0.3) is 0 Å². The number of ether oxygens (including phenoxy) is 2. The summed E-state index contributed by atoms with van der Waals surface area (Å²) in [5, 5.41) is 6.51. The minimum absolute atomic E-state index is 0. The van der Waals surface area contributed by atoms with Crippen molar-refractivity contribution >= 4 is 29.9 Å². The van der Waals surface area contributed by atoms with Gasteiger partial charge in [-0.3, -0.25) is 4.99 Å². The van der Waals surface area contributed by atoms with Gasteiger partial charge in [0.15, 0.2) is 5.96 Å². The summed E-state index contributed by atoms with van der Waals surface area (Å²) in [5.41, 5.74) is 1.19. The SMILES string of the molecule is CCNC(=NCC(c1cccc(OC)c1)N(C)C)NCCOC.I. The van der Waals surface area contributed by atoms with Gasteiger partial charge in [0.2, 0.25) is 0 Å². The van der Waals surface area contributed by atoms with Crippen molar-refractivity contribution < 1.29 is 9.47 Å². The molecule has 6 nitrogen and oxygen atoms in total. The second-order valence-corrected chi connectivity index (χ2v) is 5.40. The van der Waals surface area contributed by atoms with Gasteiger partial charge in [-0.25, -0.2) is 0 Å². The van der Waals surface area contributed by atoms with Gasteiger partial charge in [0.25, 0.3) is 0 Å². The van der Waals surface area contributed by atoms with E-state index in [9.17, 15) is 0 Å². The number of hydrogen-bond acceptors (Lipinski definition) is 4. The van der Waals surface area contributed by atoms with Gasteiger partial charge >= 0.3 is 0 Å². The lowest BCUT2D eigenvalue weighted by atomic mass is 10.1. The topological polar surface area (TPSA) is 58.1 Å². The Morgan fingerprint density at radius 2 is 2.00 bits per heavy atom. The van der Waals surface area contributed by atoms with Crippen LogP contribution in [0.5, 0.6) is 5.75 Å². The van der Waals surface area contributed by atoms with Crippen LogP contribution in [0.3, 0.4) is 0 Å². The Balaban J connectivity index is 0.00000529. The molecule has 24 heavy (non-hydrogen) atoms. The van der Waals surface area contributed by atoms with Crippen molar-refractivity contribution in [2.45, 2.75) is 13.0 Å². The van der Waals surface area contributed by atoms with E-state index in [1.54, 1.807) is 14.2 Å². The molecule has 2 N–H and O–H groups in total. The third-order valence-corrected chi connectivity index (χ3v) is 3.47. The molecule has 0 aliphatic carbocycles. The van der Waals surface area contributed by atoms with Crippen molar-refractivity contribution in [2.24, 2.45) is 4.99 Å². The van der Waals surface area contributed by atoms with Crippen LogP contribution in [0.1, 0.15) is 18.5 Å². The maximum absolute atomic E-state index is 5.32. The highest BCUT2D eigenvalue weighted by Gasteiger charge is 2.14. The van der Waals surface area contributed by atoms with Gasteiger partial charge in [0, 0.05) is 20.2 Å². The molecule has 0 heterocycles. The summed E-state index contributed by atoms with van der Waals surface area (Å²) in [6.07, 6.45) is 0. The van der Waals surface area contributed by atoms with Gasteiger partial charge in [-0.2, -0.15) is 0 Å². The van der Waals surface area contributed by atoms with Gasteiger partial charge in [-0.05, 0) is 38.7 Å². The van der Waals surface area contributed by atoms with E-state index < -0.39 is 0 Å². The zero-order valence-corrected chi connectivity index (χ0v) is 17.7. The van der Waals surface area contributed by atoms with E-state index in [0.29, 0.717) is 13.2 Å². The number of hydrogen-bond donors (Lipinski definition) is 2. The first-order valence-electron chi connectivity index (χ1n) is 7.93. The lowest BCUT2D eigenvalue weighted by Crippen LogP contribution is -2.39. The van der Waals surface area contributed by atoms with E-state index in [1.807, 2.05) is 12.1 Å². The number of likely N-dealkylation sites (N-methyl/N-ethyl adjacent to an activating group) is 1. The van der Waals surface area contributed by atoms with Crippen molar-refractivity contribution in [1.82, 2.24) is 15.5 Å². The number of aliphatic imine (C=N–C) groups is 1. The molecule has 0 fully saturated rings. The monoisotopic (exact) mass is 450 g/mol. The standard InChI is InChI=1S/C17H30N4O2.HI/c1-6-18-17(19-10-11-22-4)20-13-16(21(2)3)14-8-7-9-15(12-14)23-5;/h7-9,12,16H,6,10-11,13H2,1-5H3,(H2,18,19,20);1H. The molecule has 1 atom stereocenters. The van der Waals surface area contributed by atoms with Crippen molar-refractivity contribution in [3.63, 3.8) is 0 Å². The Morgan fingerprint density at radius 3 is 2.58 bits per heavy atom. The fraction of sp³-hybridized carbons (Fsp3) is 0.588. The smallest absolute Gasteiger partial charge is 0.191 e. The van der Waals surface area contributed by atoms with Crippen LogP contribution in [-0.2, 0) is 4.74 Å². The highest BCUT2D eigenvalue weighted by molar-refractivity contribution is 14.0. The van der Waals surface area contributed by atoms with Gasteiger partial charge < -0.3 is 25.0 Å². The van der Waals surface area contributed by atoms with Crippen LogP contribution in [-0.4, -0.2) is 65.4 Å². The number of rotatable bonds is 9. The Morgan fingerprint density at radius 1 is 1.25 bits per heavy atom. The molecule has 0 bridgehead atoms. The maximum Gasteiger partial charge on any atom is 0.191 e. The number of benzene rings is 1. The Kier molecular flexibility index (Phi) is 12.7. The summed E-state index contributed by atoms with van der Waals surface area (Å²) < 4.78 is 10.4. The first kappa shape index (κ1) is 22.9. The van der Waals surface area contributed by atoms with Crippen LogP contribution >= 0.6 is 24.0 Å². The molecule has 0 saturated carbocycles. The van der Waals surface area contributed by atoms with Crippen LogP contribution in [0, 0.1) is 0 Å². The van der Waals surface area contributed by atoms with Crippen molar-refractivity contribution in [1.29, 1.82) is 0 Å². The first-order chi connectivity index (χ1) is 11.1. The second-order valence-electron chi connectivity index (χ2n) is 5.40. The van der Waals surface area contributed by atoms with Crippen LogP contribution in [0.15, 0.2) is 29.3 Å². The number of methoxy groups -OCH3 is 2. The van der Waals surface area contributed by atoms with Crippen molar-refractivity contribution in [2.75, 3.05) is 54.6 Å². The Hall–Kier alpha value is -1.06. The maximum atomic E-state index is 5.32. The summed E-state index contributed by atoms with van der Waals surface area (Å²) in [4.78, 5) is 6.86. The van der Waals surface area contributed by atoms with Crippen molar-refractivity contribution in [3.8, 4) is 5.75 Å². The molecule has 138 valence electrons. The zero-order chi connectivity index (χ0) is 17.1. The summed E-state index contributed by atoms with van der Waals surface area (Å²) in [7, 11) is 7.50. The number of nitrogens with one attached hydrogen (secondary N) is 2. The van der Waals surface area contributed by atoms with E-state index in [-0.39, 0.29) is 30.0 Å². The molecule has 1 unspecified atom stereocenters. The minimum Gasteiger partial charge on any atom is -0.497 e. The van der Waals surface area contributed by atoms with E-state index in [4.69, 9.17) is 14.5 Å². The molecular weight excluding hydrogens is 419 g/mol. The van der Waals surface area contributed by atoms with Crippen LogP contribution in [0.2, 0.25) is 0 Å². The molecule has 0 aliphatic rings. The number of halogens is 1.